The van der Waals surface area contributed by atoms with Crippen molar-refractivity contribution in [2.75, 3.05) is 13.1 Å². The van der Waals surface area contributed by atoms with Crippen molar-refractivity contribution >= 4 is 11.8 Å². The number of piperidine rings is 1. The van der Waals surface area contributed by atoms with Crippen LogP contribution in [0.4, 0.5) is 0 Å². The zero-order valence-electron chi connectivity index (χ0n) is 16.0. The number of hydrogen-bond donors (Lipinski definition) is 0. The number of hydrogen-bond acceptors (Lipinski definition) is 4. The average molecular weight is 372 g/mol. The molecule has 0 N–H and O–H groups in total. The van der Waals surface area contributed by atoms with Crippen LogP contribution in [0.2, 0.25) is 0 Å². The third-order valence-electron chi connectivity index (χ3n) is 6.51. The van der Waals surface area contributed by atoms with E-state index >= 15 is 0 Å². The van der Waals surface area contributed by atoms with Gasteiger partial charge in [0.2, 0.25) is 11.8 Å². The molecule has 4 rings (SSSR count). The predicted molar refractivity (Wildman–Crippen MR) is 100.0 cm³/mol. The van der Waals surface area contributed by atoms with E-state index in [4.69, 9.17) is 0 Å². The molecule has 1 aromatic rings. The van der Waals surface area contributed by atoms with E-state index in [2.05, 4.69) is 4.98 Å². The Morgan fingerprint density at radius 3 is 2.74 bits per heavy atom. The maximum Gasteiger partial charge on any atom is 0.257 e. The number of nitrogens with zero attached hydrogens (tertiary/aromatic N) is 4. The molecule has 0 aromatic carbocycles. The van der Waals surface area contributed by atoms with Crippen molar-refractivity contribution in [3.63, 3.8) is 0 Å². The Hall–Kier alpha value is -2.18. The molecule has 0 spiro atoms. The van der Waals surface area contributed by atoms with E-state index in [9.17, 15) is 14.4 Å². The lowest BCUT2D eigenvalue weighted by Gasteiger charge is -2.44. The summed E-state index contributed by atoms with van der Waals surface area (Å²) < 4.78 is 1.46. The Kier molecular flexibility index (Phi) is 5.02. The second-order valence-electron chi connectivity index (χ2n) is 8.13. The predicted octanol–water partition coefficient (Wildman–Crippen LogP) is 1.33. The quantitative estimate of drug-likeness (QED) is 0.785. The summed E-state index contributed by atoms with van der Waals surface area (Å²) in [5.41, 5.74) is 1.18. The summed E-state index contributed by atoms with van der Waals surface area (Å²) in [5, 5.41) is 0. The Morgan fingerprint density at radius 2 is 1.93 bits per heavy atom. The largest absolute Gasteiger partial charge is 0.338 e. The van der Waals surface area contributed by atoms with Crippen LogP contribution in [0.25, 0.3) is 0 Å². The first-order chi connectivity index (χ1) is 13.0. The summed E-state index contributed by atoms with van der Waals surface area (Å²) in [5.74, 6) is 0.665. The minimum atomic E-state index is -0.131. The monoisotopic (exact) mass is 372 g/mol. The summed E-state index contributed by atoms with van der Waals surface area (Å²) in [7, 11) is 0. The Labute approximate surface area is 159 Å². The fourth-order valence-electron chi connectivity index (χ4n) is 5.01. The van der Waals surface area contributed by atoms with Gasteiger partial charge in [0.1, 0.15) is 6.54 Å². The highest BCUT2D eigenvalue weighted by atomic mass is 16.2. The van der Waals surface area contributed by atoms with Gasteiger partial charge < -0.3 is 9.80 Å². The molecule has 3 aliphatic rings. The molecular formula is C20H28N4O3. The standard InChI is InChI=1S/C20H28N4O3/c1-14(25)22-10-8-16-17(11-22)21-13-23(20(16)27)12-19(26)24-9-4-6-15-5-2-3-7-18(15)24/h13,15,18H,2-12H2,1H3. The topological polar surface area (TPSA) is 75.5 Å². The molecule has 0 bridgehead atoms. The lowest BCUT2D eigenvalue weighted by atomic mass is 9.78. The number of carbonyl (C=O) groups excluding carboxylic acids is 2. The van der Waals surface area contributed by atoms with Crippen LogP contribution in [0.3, 0.4) is 0 Å². The van der Waals surface area contributed by atoms with Crippen LogP contribution in [0.5, 0.6) is 0 Å². The third-order valence-corrected chi connectivity index (χ3v) is 6.51. The van der Waals surface area contributed by atoms with Crippen molar-refractivity contribution in [2.45, 2.75) is 71.0 Å². The van der Waals surface area contributed by atoms with Crippen LogP contribution < -0.4 is 5.56 Å². The van der Waals surface area contributed by atoms with Crippen molar-refractivity contribution in [1.82, 2.24) is 19.4 Å². The molecule has 2 amide bonds. The van der Waals surface area contributed by atoms with Gasteiger partial charge in [0.15, 0.2) is 0 Å². The minimum absolute atomic E-state index is 0.00561. The van der Waals surface area contributed by atoms with Gasteiger partial charge in [-0.3, -0.25) is 19.0 Å². The Bertz CT molecular complexity index is 801. The summed E-state index contributed by atoms with van der Waals surface area (Å²) in [6, 6.07) is 0.352. The van der Waals surface area contributed by atoms with E-state index in [0.717, 1.165) is 19.4 Å². The van der Waals surface area contributed by atoms with Gasteiger partial charge in [-0.25, -0.2) is 4.98 Å². The average Bonchev–Trinajstić information content (AvgIpc) is 2.69. The highest BCUT2D eigenvalue weighted by molar-refractivity contribution is 5.76. The van der Waals surface area contributed by atoms with Crippen LogP contribution >= 0.6 is 0 Å². The van der Waals surface area contributed by atoms with Crippen LogP contribution in [0.15, 0.2) is 11.1 Å². The van der Waals surface area contributed by atoms with Gasteiger partial charge in [0.05, 0.1) is 18.6 Å². The lowest BCUT2D eigenvalue weighted by Crippen LogP contribution is -2.51. The fraction of sp³-hybridized carbons (Fsp3) is 0.700. The van der Waals surface area contributed by atoms with E-state index in [1.54, 1.807) is 4.90 Å². The number of carbonyl (C=O) groups is 2. The van der Waals surface area contributed by atoms with Crippen molar-refractivity contribution in [2.24, 2.45) is 5.92 Å². The first kappa shape index (κ1) is 18.2. The van der Waals surface area contributed by atoms with E-state index in [1.807, 2.05) is 4.90 Å². The molecule has 2 fully saturated rings. The molecule has 1 aromatic heterocycles. The summed E-state index contributed by atoms with van der Waals surface area (Å²) in [4.78, 5) is 45.5. The maximum atomic E-state index is 13.0. The molecule has 1 aliphatic carbocycles. The second-order valence-corrected chi connectivity index (χ2v) is 8.13. The zero-order valence-corrected chi connectivity index (χ0v) is 16.0. The smallest absolute Gasteiger partial charge is 0.257 e. The van der Waals surface area contributed by atoms with Crippen molar-refractivity contribution in [1.29, 1.82) is 0 Å². The van der Waals surface area contributed by atoms with Gasteiger partial charge in [-0.1, -0.05) is 12.8 Å². The van der Waals surface area contributed by atoms with Gasteiger partial charge in [-0.2, -0.15) is 0 Å². The molecule has 1 saturated carbocycles. The SMILES string of the molecule is CC(=O)N1CCc2c(ncn(CC(=O)N3CCCC4CCCCC43)c2=O)C1. The molecule has 3 heterocycles. The number of likely N-dealkylation sites (tertiary alicyclic amines) is 1. The summed E-state index contributed by atoms with van der Waals surface area (Å²) in [6.45, 7) is 3.32. The van der Waals surface area contributed by atoms with Crippen LogP contribution in [0, 0.1) is 5.92 Å². The molecule has 27 heavy (non-hydrogen) atoms. The summed E-state index contributed by atoms with van der Waals surface area (Å²) in [6.07, 6.45) is 9.05. The highest BCUT2D eigenvalue weighted by Gasteiger charge is 2.35. The number of aromatic nitrogens is 2. The Balaban J connectivity index is 1.50. The van der Waals surface area contributed by atoms with Crippen LogP contribution in [-0.4, -0.2) is 50.3 Å². The molecule has 2 aliphatic heterocycles. The van der Waals surface area contributed by atoms with E-state index in [1.165, 1.54) is 43.5 Å². The van der Waals surface area contributed by atoms with Gasteiger partial charge in [-0.15, -0.1) is 0 Å². The van der Waals surface area contributed by atoms with E-state index in [0.29, 0.717) is 42.7 Å². The minimum Gasteiger partial charge on any atom is -0.338 e. The van der Waals surface area contributed by atoms with Crippen LogP contribution in [0.1, 0.15) is 56.7 Å². The highest BCUT2D eigenvalue weighted by Crippen LogP contribution is 2.35. The molecule has 7 heteroatoms. The lowest BCUT2D eigenvalue weighted by molar-refractivity contribution is -0.138. The second kappa shape index (κ2) is 7.44. The van der Waals surface area contributed by atoms with Gasteiger partial charge in [0.25, 0.3) is 5.56 Å². The molecule has 146 valence electrons. The van der Waals surface area contributed by atoms with Crippen LogP contribution in [-0.2, 0) is 29.1 Å². The van der Waals surface area contributed by atoms with Gasteiger partial charge in [0, 0.05) is 31.6 Å². The van der Waals surface area contributed by atoms with E-state index < -0.39 is 0 Å². The first-order valence-corrected chi connectivity index (χ1v) is 10.2. The Morgan fingerprint density at radius 1 is 1.15 bits per heavy atom. The van der Waals surface area contributed by atoms with Crippen molar-refractivity contribution in [3.05, 3.63) is 27.9 Å². The van der Waals surface area contributed by atoms with Gasteiger partial charge >= 0.3 is 0 Å². The molecule has 1 saturated heterocycles. The first-order valence-electron chi connectivity index (χ1n) is 10.2. The maximum absolute atomic E-state index is 13.0. The third kappa shape index (κ3) is 3.51. The van der Waals surface area contributed by atoms with E-state index in [-0.39, 0.29) is 23.9 Å². The van der Waals surface area contributed by atoms with Crippen molar-refractivity contribution in [3.8, 4) is 0 Å². The summed E-state index contributed by atoms with van der Waals surface area (Å²) >= 11 is 0. The number of fused-ring (bicyclic) bond motifs is 2. The van der Waals surface area contributed by atoms with Crippen molar-refractivity contribution < 1.29 is 9.59 Å². The zero-order chi connectivity index (χ0) is 19.0. The van der Waals surface area contributed by atoms with Gasteiger partial charge in [-0.05, 0) is 38.0 Å². The molecular weight excluding hydrogens is 344 g/mol. The number of amides is 2. The number of rotatable bonds is 2. The normalized spacial score (nSPS) is 24.9. The molecule has 2 atom stereocenters. The molecule has 2 unspecified atom stereocenters. The fourth-order valence-corrected chi connectivity index (χ4v) is 5.01. The molecule has 0 radical (unpaired) electrons. The molecule has 7 nitrogen and oxygen atoms in total.